The van der Waals surface area contributed by atoms with Gasteiger partial charge in [0.2, 0.25) is 0 Å². The maximum atomic E-state index is 5.79. The number of aromatic nitrogens is 3. The van der Waals surface area contributed by atoms with Crippen LogP contribution < -0.4 is 0 Å². The van der Waals surface area contributed by atoms with E-state index < -0.39 is 0 Å². The van der Waals surface area contributed by atoms with Crippen molar-refractivity contribution in [3.63, 3.8) is 0 Å². The summed E-state index contributed by atoms with van der Waals surface area (Å²) in [6.45, 7) is 6.11. The normalized spacial score (nSPS) is 23.5. The molecule has 4 rings (SSSR count). The zero-order chi connectivity index (χ0) is 18.1. The molecule has 2 aliphatic carbocycles. The van der Waals surface area contributed by atoms with Crippen LogP contribution >= 0.6 is 12.2 Å². The van der Waals surface area contributed by atoms with Crippen molar-refractivity contribution in [1.29, 1.82) is 0 Å². The highest BCUT2D eigenvalue weighted by Gasteiger charge is 2.35. The first-order valence-electron chi connectivity index (χ1n) is 10.1. The van der Waals surface area contributed by atoms with Crippen LogP contribution in [0.4, 0.5) is 0 Å². The minimum absolute atomic E-state index is 0.708. The monoisotopic (exact) mass is 370 g/mol. The molecule has 0 unspecified atom stereocenters. The second-order valence-electron chi connectivity index (χ2n) is 8.20. The smallest absolute Gasteiger partial charge is 0.199 e. The third-order valence-electron chi connectivity index (χ3n) is 6.06. The highest BCUT2D eigenvalue weighted by molar-refractivity contribution is 7.71. The number of rotatable bonds is 6. The van der Waals surface area contributed by atoms with Crippen molar-refractivity contribution >= 4 is 12.2 Å². The van der Waals surface area contributed by atoms with Crippen LogP contribution in [0.5, 0.6) is 0 Å². The quantitative estimate of drug-likeness (QED) is 0.685. The van der Waals surface area contributed by atoms with E-state index in [4.69, 9.17) is 17.3 Å². The van der Waals surface area contributed by atoms with E-state index in [0.29, 0.717) is 6.04 Å². The van der Waals surface area contributed by atoms with Crippen molar-refractivity contribution in [3.8, 4) is 0 Å². The van der Waals surface area contributed by atoms with Crippen LogP contribution in [-0.4, -0.2) is 31.3 Å². The van der Waals surface area contributed by atoms with Gasteiger partial charge in [0.25, 0.3) is 0 Å². The molecule has 2 aliphatic rings. The van der Waals surface area contributed by atoms with E-state index in [0.717, 1.165) is 35.8 Å². The average molecular weight is 371 g/mol. The van der Waals surface area contributed by atoms with Crippen LogP contribution in [-0.2, 0) is 13.2 Å². The fourth-order valence-electron chi connectivity index (χ4n) is 4.25. The molecule has 0 N–H and O–H groups in total. The second-order valence-corrected chi connectivity index (χ2v) is 8.57. The minimum atomic E-state index is 0.708. The Balaban J connectivity index is 1.52. The van der Waals surface area contributed by atoms with Crippen LogP contribution in [0, 0.1) is 17.6 Å². The van der Waals surface area contributed by atoms with Crippen molar-refractivity contribution in [2.75, 3.05) is 0 Å². The molecule has 1 aromatic carbocycles. The van der Waals surface area contributed by atoms with Crippen molar-refractivity contribution in [3.05, 3.63) is 46.5 Å². The summed E-state index contributed by atoms with van der Waals surface area (Å²) in [5.74, 6) is 1.90. The third kappa shape index (κ3) is 3.94. The van der Waals surface area contributed by atoms with Crippen molar-refractivity contribution in [2.24, 2.45) is 5.92 Å². The van der Waals surface area contributed by atoms with Gasteiger partial charge in [-0.2, -0.15) is 5.10 Å². The van der Waals surface area contributed by atoms with Gasteiger partial charge in [-0.1, -0.05) is 37.3 Å². The molecule has 2 aromatic rings. The van der Waals surface area contributed by atoms with Gasteiger partial charge < -0.3 is 0 Å². The Bertz CT molecular complexity index is 782. The predicted molar refractivity (Wildman–Crippen MR) is 108 cm³/mol. The first-order valence-corrected chi connectivity index (χ1v) is 10.5. The number of hydrogen-bond acceptors (Lipinski definition) is 3. The maximum Gasteiger partial charge on any atom is 0.199 e. The van der Waals surface area contributed by atoms with Crippen molar-refractivity contribution < 1.29 is 0 Å². The van der Waals surface area contributed by atoms with E-state index in [2.05, 4.69) is 58.3 Å². The number of hydrogen-bond donors (Lipinski definition) is 0. The summed E-state index contributed by atoms with van der Waals surface area (Å²) >= 11 is 5.79. The van der Waals surface area contributed by atoms with E-state index in [1.54, 1.807) is 0 Å². The Labute approximate surface area is 161 Å². The molecule has 0 bridgehead atoms. The van der Waals surface area contributed by atoms with Crippen LogP contribution in [0.25, 0.3) is 0 Å². The van der Waals surface area contributed by atoms with E-state index in [9.17, 15) is 0 Å². The minimum Gasteiger partial charge on any atom is -0.300 e. The van der Waals surface area contributed by atoms with Gasteiger partial charge in [0.05, 0.1) is 13.2 Å². The van der Waals surface area contributed by atoms with Crippen LogP contribution in [0.1, 0.15) is 56.8 Å². The lowest BCUT2D eigenvalue weighted by Gasteiger charge is -2.36. The third-order valence-corrected chi connectivity index (χ3v) is 6.49. The molecule has 5 heteroatoms. The summed E-state index contributed by atoms with van der Waals surface area (Å²) in [6.07, 6.45) is 8.05. The summed E-state index contributed by atoms with van der Waals surface area (Å²) in [6, 6.07) is 12.0. The van der Waals surface area contributed by atoms with Crippen molar-refractivity contribution in [2.45, 2.75) is 77.7 Å². The maximum absolute atomic E-state index is 5.79. The number of nitrogens with zero attached hydrogens (tertiary/aromatic N) is 4. The van der Waals surface area contributed by atoms with Gasteiger partial charge in [0.15, 0.2) is 4.77 Å². The largest absolute Gasteiger partial charge is 0.300 e. The van der Waals surface area contributed by atoms with Gasteiger partial charge in [-0.15, -0.1) is 0 Å². The van der Waals surface area contributed by atoms with E-state index in [-0.39, 0.29) is 0 Å². The van der Waals surface area contributed by atoms with E-state index >= 15 is 0 Å². The van der Waals surface area contributed by atoms with E-state index in [1.165, 1.54) is 44.1 Å². The van der Waals surface area contributed by atoms with Gasteiger partial charge in [0, 0.05) is 12.1 Å². The Kier molecular flexibility index (Phi) is 5.28. The fourth-order valence-corrected chi connectivity index (χ4v) is 4.55. The molecule has 26 heavy (non-hydrogen) atoms. The van der Waals surface area contributed by atoms with E-state index in [1.807, 2.05) is 0 Å². The fraction of sp³-hybridized carbons (Fsp3) is 0.619. The molecule has 0 spiro atoms. The molecule has 0 aliphatic heterocycles. The zero-order valence-electron chi connectivity index (χ0n) is 16.0. The lowest BCUT2D eigenvalue weighted by molar-refractivity contribution is 0.0919. The van der Waals surface area contributed by atoms with Gasteiger partial charge in [0.1, 0.15) is 5.82 Å². The molecular formula is C21H30N4S. The molecule has 0 atom stereocenters. The molecule has 140 valence electrons. The van der Waals surface area contributed by atoms with Crippen LogP contribution in [0.3, 0.4) is 0 Å². The van der Waals surface area contributed by atoms with Crippen LogP contribution in [0.15, 0.2) is 30.3 Å². The molecule has 1 aromatic heterocycles. The first-order chi connectivity index (χ1) is 12.6. The lowest BCUT2D eigenvalue weighted by atomic mass is 9.86. The van der Waals surface area contributed by atoms with Gasteiger partial charge in [-0.25, -0.2) is 4.68 Å². The van der Waals surface area contributed by atoms with Gasteiger partial charge in [-0.3, -0.25) is 9.47 Å². The molecule has 0 amide bonds. The summed E-state index contributed by atoms with van der Waals surface area (Å²) in [4.78, 5) is 2.70. The number of benzene rings is 1. The molecule has 2 saturated carbocycles. The highest BCUT2D eigenvalue weighted by atomic mass is 32.1. The molecule has 2 fully saturated rings. The molecule has 1 heterocycles. The molecule has 0 saturated heterocycles. The summed E-state index contributed by atoms with van der Waals surface area (Å²) < 4.78 is 5.07. The topological polar surface area (TPSA) is 26.0 Å². The zero-order valence-corrected chi connectivity index (χ0v) is 16.8. The Morgan fingerprint density at radius 2 is 1.65 bits per heavy atom. The predicted octanol–water partition coefficient (Wildman–Crippen LogP) is 4.77. The van der Waals surface area contributed by atoms with Gasteiger partial charge in [-0.05, 0) is 69.1 Å². The lowest BCUT2D eigenvalue weighted by Crippen LogP contribution is -2.41. The number of aryl methyl sites for hydroxylation is 1. The molecular weight excluding hydrogens is 340 g/mol. The average Bonchev–Trinajstić information content (AvgIpc) is 3.45. The first kappa shape index (κ1) is 17.9. The van der Waals surface area contributed by atoms with Gasteiger partial charge >= 0.3 is 0 Å². The summed E-state index contributed by atoms with van der Waals surface area (Å²) in [5, 5.41) is 4.80. The SMILES string of the molecule is Cc1nn(CN(C2CCC(C)CC2)C2CC2)c(=S)n1Cc1ccccc1. The Morgan fingerprint density at radius 1 is 1.04 bits per heavy atom. The Hall–Kier alpha value is -1.46. The standard InChI is InChI=1S/C21H30N4S/c1-16-8-10-19(11-9-16)24(20-12-13-20)15-25-21(26)23(17(2)22-25)14-18-6-4-3-5-7-18/h3-7,16,19-20H,8-15H2,1-2H3. The highest BCUT2D eigenvalue weighted by Crippen LogP contribution is 2.35. The summed E-state index contributed by atoms with van der Waals surface area (Å²) in [5.41, 5.74) is 1.27. The Morgan fingerprint density at radius 3 is 2.27 bits per heavy atom. The van der Waals surface area contributed by atoms with Crippen molar-refractivity contribution in [1.82, 2.24) is 19.2 Å². The molecule has 4 nitrogen and oxygen atoms in total. The second kappa shape index (κ2) is 7.65. The summed E-state index contributed by atoms with van der Waals surface area (Å²) in [7, 11) is 0. The van der Waals surface area contributed by atoms with Crippen LogP contribution in [0.2, 0.25) is 0 Å². The molecule has 0 radical (unpaired) electrons.